The van der Waals surface area contributed by atoms with Crippen molar-refractivity contribution in [1.29, 1.82) is 0 Å². The minimum Gasteiger partial charge on any atom is -0.465 e. The van der Waals surface area contributed by atoms with Crippen molar-refractivity contribution in [2.75, 3.05) is 18.9 Å². The molecule has 1 heterocycles. The number of para-hydroxylation sites is 2. The first-order chi connectivity index (χ1) is 22.5. The molecule has 0 spiro atoms. The minimum atomic E-state index is -3.91. The number of nitrogens with zero attached hydrogens (tertiary/aromatic N) is 1. The Balaban J connectivity index is 1.50. The van der Waals surface area contributed by atoms with Gasteiger partial charge in [0.05, 0.1) is 11.5 Å². The number of nitrogens with one attached hydrogen (secondary N) is 2. The van der Waals surface area contributed by atoms with Crippen LogP contribution >= 0.6 is 0 Å². The van der Waals surface area contributed by atoms with Crippen molar-refractivity contribution >= 4 is 27.7 Å². The standard InChI is InChI=1S/C35H46N4O7S/c1-4-25(10-9-11-26(22-40)39(21-20-23(2)3)47(44,45)27-18-16-24(36)17-19-27)37-34(41)33(38-35(42)43)32-28-12-5-7-14-30(28)46-31-15-8-6-13-29(31)32/h5-8,12-19,23,25-26,32-33,38,40H,4,9-11,20-22,36H2,1-3H3,(H,37,41)(H,42,43)/t25-,26-,33?/m0/s1. The molecule has 3 aromatic carbocycles. The fourth-order valence-corrected chi connectivity index (χ4v) is 7.66. The number of hydrogen-bond acceptors (Lipinski definition) is 7. The number of hydrogen-bond donors (Lipinski definition) is 5. The largest absolute Gasteiger partial charge is 0.465 e. The van der Waals surface area contributed by atoms with Gasteiger partial charge in [0.15, 0.2) is 0 Å². The first-order valence-corrected chi connectivity index (χ1v) is 17.5. The molecule has 2 amide bonds. The third-order valence-corrected chi connectivity index (χ3v) is 10.5. The molecule has 1 aliphatic rings. The summed E-state index contributed by atoms with van der Waals surface area (Å²) in [5.74, 6) is 0.258. The topological polar surface area (TPSA) is 171 Å². The van der Waals surface area contributed by atoms with Crippen LogP contribution in [-0.2, 0) is 14.8 Å². The van der Waals surface area contributed by atoms with E-state index in [2.05, 4.69) is 10.6 Å². The van der Waals surface area contributed by atoms with Crippen LogP contribution in [0.1, 0.15) is 69.9 Å². The average Bonchev–Trinajstić information content (AvgIpc) is 3.04. The van der Waals surface area contributed by atoms with Gasteiger partial charge in [0.25, 0.3) is 0 Å². The van der Waals surface area contributed by atoms with E-state index >= 15 is 0 Å². The SMILES string of the molecule is CC[C@@H](CCC[C@@H](CO)N(CCC(C)C)S(=O)(=O)c1ccc(N)cc1)NC(=O)C(NC(=O)O)C1c2ccccc2Oc2ccccc21. The second kappa shape index (κ2) is 16.1. The van der Waals surface area contributed by atoms with Crippen molar-refractivity contribution in [2.45, 2.75) is 81.8 Å². The zero-order valence-electron chi connectivity index (χ0n) is 27.1. The lowest BCUT2D eigenvalue weighted by Gasteiger charge is -2.34. The Morgan fingerprint density at radius 3 is 2.04 bits per heavy atom. The van der Waals surface area contributed by atoms with Crippen molar-refractivity contribution in [3.63, 3.8) is 0 Å². The molecule has 4 rings (SSSR count). The van der Waals surface area contributed by atoms with Crippen LogP contribution < -0.4 is 21.1 Å². The quantitative estimate of drug-likeness (QED) is 0.128. The summed E-state index contributed by atoms with van der Waals surface area (Å²) in [5.41, 5.74) is 7.63. The van der Waals surface area contributed by atoms with Gasteiger partial charge in [-0.2, -0.15) is 4.31 Å². The zero-order chi connectivity index (χ0) is 34.1. The number of nitrogen functional groups attached to an aromatic ring is 1. The molecule has 0 aliphatic carbocycles. The van der Waals surface area contributed by atoms with E-state index in [1.165, 1.54) is 16.4 Å². The van der Waals surface area contributed by atoms with Gasteiger partial charge in [-0.1, -0.05) is 57.2 Å². The Labute approximate surface area is 277 Å². The Hall–Kier alpha value is -4.13. The molecule has 0 saturated heterocycles. The molecule has 254 valence electrons. The van der Waals surface area contributed by atoms with Gasteiger partial charge >= 0.3 is 6.09 Å². The Morgan fingerprint density at radius 1 is 0.915 bits per heavy atom. The first-order valence-electron chi connectivity index (χ1n) is 16.1. The molecule has 0 radical (unpaired) electrons. The van der Waals surface area contributed by atoms with E-state index in [1.54, 1.807) is 24.3 Å². The van der Waals surface area contributed by atoms with Crippen LogP contribution in [0.2, 0.25) is 0 Å². The predicted octanol–water partition coefficient (Wildman–Crippen LogP) is 5.31. The van der Waals surface area contributed by atoms with Crippen molar-refractivity contribution in [1.82, 2.24) is 14.9 Å². The van der Waals surface area contributed by atoms with Crippen LogP contribution in [0.5, 0.6) is 11.5 Å². The number of rotatable bonds is 16. The summed E-state index contributed by atoms with van der Waals surface area (Å²) in [5, 5.41) is 25.6. The fraction of sp³-hybridized carbons (Fsp3) is 0.429. The number of carbonyl (C=O) groups excluding carboxylic acids is 1. The summed E-state index contributed by atoms with van der Waals surface area (Å²) in [7, 11) is -3.91. The maximum absolute atomic E-state index is 13.9. The van der Waals surface area contributed by atoms with E-state index in [0.717, 1.165) is 0 Å². The molecule has 0 bridgehead atoms. The second-order valence-corrected chi connectivity index (χ2v) is 14.2. The Morgan fingerprint density at radius 2 is 1.51 bits per heavy atom. The lowest BCUT2D eigenvalue weighted by Crippen LogP contribution is -2.52. The molecule has 1 unspecified atom stereocenters. The molecule has 0 saturated carbocycles. The average molecular weight is 667 g/mol. The predicted molar refractivity (Wildman–Crippen MR) is 181 cm³/mol. The van der Waals surface area contributed by atoms with Crippen LogP contribution in [0.15, 0.2) is 77.7 Å². The Bertz CT molecular complexity index is 1570. The molecular formula is C35H46N4O7S. The highest BCUT2D eigenvalue weighted by Crippen LogP contribution is 2.45. The second-order valence-electron chi connectivity index (χ2n) is 12.3. The molecule has 0 fully saturated rings. The molecule has 3 aromatic rings. The lowest BCUT2D eigenvalue weighted by atomic mass is 9.82. The number of benzene rings is 3. The van der Waals surface area contributed by atoms with Gasteiger partial charge in [0, 0.05) is 41.4 Å². The minimum absolute atomic E-state index is 0.112. The number of aliphatic hydroxyl groups excluding tert-OH is 1. The normalized spacial score (nSPS) is 14.9. The summed E-state index contributed by atoms with van der Waals surface area (Å²) in [6.07, 6.45) is 1.24. The number of fused-ring (bicyclic) bond motifs is 2. The highest BCUT2D eigenvalue weighted by molar-refractivity contribution is 7.89. The monoisotopic (exact) mass is 666 g/mol. The fourth-order valence-electron chi connectivity index (χ4n) is 5.99. The highest BCUT2D eigenvalue weighted by atomic mass is 32.2. The highest BCUT2D eigenvalue weighted by Gasteiger charge is 2.39. The van der Waals surface area contributed by atoms with Crippen molar-refractivity contribution in [3.05, 3.63) is 83.9 Å². The summed E-state index contributed by atoms with van der Waals surface area (Å²) in [6.45, 7) is 5.84. The van der Waals surface area contributed by atoms with Gasteiger partial charge in [0.1, 0.15) is 17.5 Å². The number of sulfonamides is 1. The molecular weight excluding hydrogens is 620 g/mol. The van der Waals surface area contributed by atoms with E-state index in [9.17, 15) is 28.2 Å². The van der Waals surface area contributed by atoms with Gasteiger partial charge in [0.2, 0.25) is 15.9 Å². The van der Waals surface area contributed by atoms with Gasteiger partial charge in [-0.15, -0.1) is 0 Å². The molecule has 12 heteroatoms. The number of amides is 2. The van der Waals surface area contributed by atoms with Crippen LogP contribution in [0.4, 0.5) is 10.5 Å². The molecule has 47 heavy (non-hydrogen) atoms. The van der Waals surface area contributed by atoms with E-state index in [4.69, 9.17) is 10.5 Å². The van der Waals surface area contributed by atoms with E-state index in [0.29, 0.717) is 60.4 Å². The number of aliphatic hydroxyl groups is 1. The Kier molecular flexibility index (Phi) is 12.3. The van der Waals surface area contributed by atoms with E-state index in [-0.39, 0.29) is 30.0 Å². The number of anilines is 1. The summed E-state index contributed by atoms with van der Waals surface area (Å²) in [4.78, 5) is 26.0. The van der Waals surface area contributed by atoms with Crippen LogP contribution in [0.25, 0.3) is 0 Å². The summed E-state index contributed by atoms with van der Waals surface area (Å²) in [6, 6.07) is 18.4. The van der Waals surface area contributed by atoms with E-state index in [1.807, 2.05) is 57.2 Å². The van der Waals surface area contributed by atoms with Crippen LogP contribution in [-0.4, -0.2) is 66.2 Å². The van der Waals surface area contributed by atoms with Crippen LogP contribution in [0, 0.1) is 5.92 Å². The number of nitrogens with two attached hydrogens (primary N) is 1. The van der Waals surface area contributed by atoms with E-state index < -0.39 is 40.0 Å². The number of carboxylic acid groups (broad SMARTS) is 1. The van der Waals surface area contributed by atoms with Gasteiger partial charge in [-0.25, -0.2) is 13.2 Å². The number of ether oxygens (including phenoxy) is 1. The van der Waals surface area contributed by atoms with Crippen molar-refractivity contribution in [3.8, 4) is 11.5 Å². The van der Waals surface area contributed by atoms with Crippen molar-refractivity contribution in [2.24, 2.45) is 5.92 Å². The maximum Gasteiger partial charge on any atom is 0.405 e. The molecule has 11 nitrogen and oxygen atoms in total. The third-order valence-electron chi connectivity index (χ3n) is 8.58. The van der Waals surface area contributed by atoms with Crippen molar-refractivity contribution < 1.29 is 33.0 Å². The van der Waals surface area contributed by atoms with Crippen LogP contribution in [0.3, 0.4) is 0 Å². The van der Waals surface area contributed by atoms with Gasteiger partial charge < -0.3 is 31.3 Å². The molecule has 0 aromatic heterocycles. The maximum atomic E-state index is 13.9. The molecule has 6 N–H and O–H groups in total. The zero-order valence-corrected chi connectivity index (χ0v) is 27.9. The smallest absolute Gasteiger partial charge is 0.405 e. The third kappa shape index (κ3) is 8.82. The number of carbonyl (C=O) groups is 2. The van der Waals surface area contributed by atoms with Gasteiger partial charge in [-0.3, -0.25) is 4.79 Å². The lowest BCUT2D eigenvalue weighted by molar-refractivity contribution is -0.124. The first kappa shape index (κ1) is 35.7. The van der Waals surface area contributed by atoms with Gasteiger partial charge in [-0.05, 0) is 74.4 Å². The summed E-state index contributed by atoms with van der Waals surface area (Å²) < 4.78 is 34.8. The molecule has 3 atom stereocenters. The molecule has 1 aliphatic heterocycles. The summed E-state index contributed by atoms with van der Waals surface area (Å²) >= 11 is 0.